The topological polar surface area (TPSA) is 381 Å². The Labute approximate surface area is 708 Å². The number of likely N-dealkylation sites (tertiary alicyclic amines) is 2. The van der Waals surface area contributed by atoms with Crippen LogP contribution in [0.25, 0.3) is 0 Å². The maximum atomic E-state index is 12.9. The summed E-state index contributed by atoms with van der Waals surface area (Å²) < 4.78 is -0.960. The molecule has 0 aromatic heterocycles. The highest BCUT2D eigenvalue weighted by Gasteiger charge is 2.38. The Balaban J connectivity index is 0.00000163. The van der Waals surface area contributed by atoms with Crippen molar-refractivity contribution in [1.82, 2.24) is 31.1 Å². The fourth-order valence-corrected chi connectivity index (χ4v) is 26.9. The van der Waals surface area contributed by atoms with Crippen LogP contribution in [0.2, 0.25) is 0 Å². The average molecular weight is 1800 g/mol. The Morgan fingerprint density at radius 2 is 0.655 bits per heavy atom. The summed E-state index contributed by atoms with van der Waals surface area (Å²) in [5.74, 6) is -0.924. The first kappa shape index (κ1) is 108. The van der Waals surface area contributed by atoms with Crippen LogP contribution in [0.15, 0.2) is 0 Å². The number of nitrogens with zero attached hydrogens (tertiary/aromatic N) is 2. The number of amides is 6. The molecule has 0 spiro atoms. The maximum Gasteiger partial charge on any atom is 0.327 e. The van der Waals surface area contributed by atoms with Crippen molar-refractivity contribution < 1.29 is 88.2 Å². The fraction of sp³-hybridized carbons (Fsp3) is 0.836. The molecule has 2 saturated heterocycles. The molecule has 2 fully saturated rings. The molecule has 0 radical (unpaired) electrons. The zero-order valence-electron chi connectivity index (χ0n) is 67.1. The Bertz CT molecular complexity index is 2740. The van der Waals surface area contributed by atoms with E-state index in [-0.39, 0.29) is 58.6 Å². The van der Waals surface area contributed by atoms with E-state index >= 15 is 0 Å². The number of carbonyl (C=O) groups is 12. The number of carbonyl (C=O) groups excluding carboxylic acids is 6. The molecular formula is C73H130N6O18S13. The first-order valence-corrected chi connectivity index (χ1v) is 53.0. The monoisotopic (exact) mass is 1790 g/mol. The van der Waals surface area contributed by atoms with Gasteiger partial charge in [-0.2, -0.15) is 12.6 Å². The molecule has 2 heterocycles. The Morgan fingerprint density at radius 1 is 0.382 bits per heavy atom. The molecule has 24 nitrogen and oxygen atoms in total. The standard InChI is InChI=1S/C28H48N2O6S4.C25H46N2O6S5.C20H36N2O6S4/c1-19(2)9-5-6-10-22(40-39-18-21(4)26(32)30-15-8-12-24(30)28(35)36)13-16-37-38-17-20(3)25(31)29-14-7-11-23(29)27(33)34;1-16(2)10-8-9-11-17(38-37-15-19(21(30)31)26-22(32)24(3,4)5)12-13-35-36-14-18(20(28)29)27-23(33)25(6,7)34;1-13(2)7-5-6-8-16(32-31-12-18(20(27)28)22-15(4)24)9-10-29-30-11-17(19(25)26)21-14(3)23/h19-24H,5-18H2,1-4H3,(H,33,34)(H,35,36);16-19,34H,8-15H2,1-7H3,(H,26,32)(H,27,33)(H,28,29)(H,30,31);13,16-18H,5-12H2,1-4H3,(H,21,23)(H,22,24)(H,25,26)(H,27,28). The fourth-order valence-electron chi connectivity index (χ4n) is 10.4. The van der Waals surface area contributed by atoms with Crippen LogP contribution in [0.4, 0.5) is 0 Å². The first-order chi connectivity index (χ1) is 51.5. The van der Waals surface area contributed by atoms with Gasteiger partial charge in [-0.1, -0.05) is 263 Å². The molecule has 11 atom stereocenters. The number of thiol groups is 1. The van der Waals surface area contributed by atoms with E-state index in [1.807, 2.05) is 24.6 Å². The summed E-state index contributed by atoms with van der Waals surface area (Å²) in [6.07, 6.45) is 19.0. The molecule has 2 aliphatic heterocycles. The van der Waals surface area contributed by atoms with Gasteiger partial charge in [0, 0.05) is 112 Å². The SMILES string of the molecule is CC(=O)NC(CSSCCC(CCCCC(C)C)SSCC(NC(C)=O)C(=O)O)C(=O)O.CC(C)CCCCC(CCSSCC(C)C(=O)N1CCCC1C(=O)O)SSCC(C)C(=O)N1CCCC1C(=O)O.CC(C)CCCCC(CCSSCC(NC(=O)C(C)(C)S)C(=O)O)SSCC(NC(=O)C(C)(C)C)C(=O)O. The Hall–Kier alpha value is -1.81. The van der Waals surface area contributed by atoms with Gasteiger partial charge in [0.05, 0.1) is 4.75 Å². The lowest BCUT2D eigenvalue weighted by molar-refractivity contribution is -0.149. The molecule has 0 aliphatic carbocycles. The van der Waals surface area contributed by atoms with E-state index in [0.29, 0.717) is 76.7 Å². The molecule has 0 aromatic rings. The molecule has 10 N–H and O–H groups in total. The molecule has 0 saturated carbocycles. The lowest BCUT2D eigenvalue weighted by Crippen LogP contribution is -2.48. The van der Waals surface area contributed by atoms with Gasteiger partial charge >= 0.3 is 35.8 Å². The molecule has 6 amide bonds. The van der Waals surface area contributed by atoms with Crippen LogP contribution in [0, 0.1) is 35.0 Å². The van der Waals surface area contributed by atoms with Gasteiger partial charge in [0.15, 0.2) is 0 Å². The van der Waals surface area contributed by atoms with Crippen molar-refractivity contribution in [3.63, 3.8) is 0 Å². The minimum Gasteiger partial charge on any atom is -0.480 e. The zero-order valence-corrected chi connectivity index (χ0v) is 77.8. The number of hydrogen-bond acceptors (Lipinski definition) is 25. The quantitative estimate of drug-likeness (QED) is 0.0153. The van der Waals surface area contributed by atoms with E-state index < -0.39 is 88.1 Å². The summed E-state index contributed by atoms with van der Waals surface area (Å²) in [5.41, 5.74) is -0.662. The van der Waals surface area contributed by atoms with Gasteiger partial charge in [0.25, 0.3) is 0 Å². The third-order valence-electron chi connectivity index (χ3n) is 17.0. The number of rotatable bonds is 58. The molecule has 110 heavy (non-hydrogen) atoms. The van der Waals surface area contributed by atoms with Gasteiger partial charge in [-0.15, -0.1) is 0 Å². The lowest BCUT2D eigenvalue weighted by Gasteiger charge is -2.25. The number of nitrogens with one attached hydrogen (secondary N) is 4. The van der Waals surface area contributed by atoms with Crippen molar-refractivity contribution in [3.8, 4) is 0 Å². The summed E-state index contributed by atoms with van der Waals surface area (Å²) in [5, 5.41) is 67.3. The van der Waals surface area contributed by atoms with E-state index in [9.17, 15) is 83.1 Å². The average Bonchev–Trinajstić information content (AvgIpc) is 1.70. The van der Waals surface area contributed by atoms with Crippen LogP contribution < -0.4 is 21.3 Å². The lowest BCUT2D eigenvalue weighted by atomic mass is 9.95. The van der Waals surface area contributed by atoms with Crippen molar-refractivity contribution in [3.05, 3.63) is 0 Å². The highest BCUT2D eigenvalue weighted by molar-refractivity contribution is 8.78. The largest absolute Gasteiger partial charge is 0.480 e. The van der Waals surface area contributed by atoms with Crippen LogP contribution in [-0.4, -0.2) is 233 Å². The van der Waals surface area contributed by atoms with Crippen LogP contribution in [-0.2, 0) is 57.5 Å². The number of aliphatic carboxylic acids is 6. The summed E-state index contributed by atoms with van der Waals surface area (Å²) in [6.45, 7) is 29.3. The molecule has 0 aromatic carbocycles. The third kappa shape index (κ3) is 52.8. The molecule has 0 bridgehead atoms. The van der Waals surface area contributed by atoms with Crippen LogP contribution in [0.3, 0.4) is 0 Å². The second-order valence-corrected chi connectivity index (χ2v) is 47.4. The van der Waals surface area contributed by atoms with Crippen molar-refractivity contribution in [2.24, 2.45) is 35.0 Å². The summed E-state index contributed by atoms with van der Waals surface area (Å²) in [6, 6.07) is -5.09. The normalized spacial score (nSPS) is 16.9. The van der Waals surface area contributed by atoms with E-state index in [1.54, 1.807) is 115 Å². The van der Waals surface area contributed by atoms with Gasteiger partial charge in [-0.3, -0.25) is 28.8 Å². The summed E-state index contributed by atoms with van der Waals surface area (Å²) in [4.78, 5) is 144. The molecule has 37 heteroatoms. The number of carboxylic acid groups (broad SMARTS) is 6. The van der Waals surface area contributed by atoms with Crippen LogP contribution in [0.1, 0.15) is 226 Å². The highest BCUT2D eigenvalue weighted by atomic mass is 33.1. The zero-order chi connectivity index (χ0) is 83.7. The van der Waals surface area contributed by atoms with Gasteiger partial charge in [0.1, 0.15) is 36.3 Å². The van der Waals surface area contributed by atoms with Crippen LogP contribution in [0.5, 0.6) is 0 Å². The minimum atomic E-state index is -1.08. The van der Waals surface area contributed by atoms with E-state index in [0.717, 1.165) is 94.3 Å². The second-order valence-electron chi connectivity index (χ2n) is 30.3. The Morgan fingerprint density at radius 3 is 0.936 bits per heavy atom. The highest BCUT2D eigenvalue weighted by Crippen LogP contribution is 2.40. The van der Waals surface area contributed by atoms with Crippen LogP contribution >= 0.6 is 142 Å². The number of hydrogen-bond donors (Lipinski definition) is 11. The van der Waals surface area contributed by atoms with E-state index in [1.165, 1.54) is 94.0 Å². The maximum absolute atomic E-state index is 12.9. The van der Waals surface area contributed by atoms with Gasteiger partial charge in [0.2, 0.25) is 35.4 Å². The molecule has 2 rings (SSSR count). The molecular weight excluding hydrogens is 1670 g/mol. The Kier molecular flexibility index (Phi) is 60.5. The predicted octanol–water partition coefficient (Wildman–Crippen LogP) is 15.7. The summed E-state index contributed by atoms with van der Waals surface area (Å²) >= 11 is 4.19. The van der Waals surface area contributed by atoms with Gasteiger partial charge in [-0.25, -0.2) is 28.8 Å². The second kappa shape index (κ2) is 61.5. The molecule has 2 aliphatic rings. The van der Waals surface area contributed by atoms with E-state index in [4.69, 9.17) is 5.11 Å². The smallest absolute Gasteiger partial charge is 0.327 e. The number of unbranched alkanes of at least 4 members (excludes halogenated alkanes) is 3. The molecule has 11 unspecified atom stereocenters. The van der Waals surface area contributed by atoms with Gasteiger partial charge < -0.3 is 61.7 Å². The van der Waals surface area contributed by atoms with Crippen molar-refractivity contribution >= 4 is 213 Å². The predicted molar refractivity (Wildman–Crippen MR) is 475 cm³/mol. The van der Waals surface area contributed by atoms with Gasteiger partial charge in [-0.05, 0) is 95.8 Å². The summed E-state index contributed by atoms with van der Waals surface area (Å²) in [7, 11) is 19.3. The third-order valence-corrected chi connectivity index (χ3v) is 33.8. The van der Waals surface area contributed by atoms with Crippen molar-refractivity contribution in [2.45, 2.75) is 283 Å². The first-order valence-electron chi connectivity index (χ1n) is 37.9. The van der Waals surface area contributed by atoms with Crippen molar-refractivity contribution in [1.29, 1.82) is 0 Å². The van der Waals surface area contributed by atoms with E-state index in [2.05, 4.69) is 75.4 Å². The molecule has 638 valence electrons. The van der Waals surface area contributed by atoms with Crippen molar-refractivity contribution in [2.75, 3.05) is 64.9 Å². The minimum absolute atomic E-state index is 0.0503. The number of carboxylic acids is 6.